The molecule has 2 atom stereocenters. The maximum absolute atomic E-state index is 5.95. The molecule has 68 valence electrons. The van der Waals surface area contributed by atoms with Crippen LogP contribution in [0.1, 0.15) is 26.7 Å². The smallest absolute Gasteiger partial charge is 0.00766 e. The normalized spacial score (nSPS) is 16.9. The van der Waals surface area contributed by atoms with Gasteiger partial charge in [0.05, 0.1) is 0 Å². The number of nitrogens with two attached hydrogens (primary N) is 1. The minimum absolute atomic E-state index is 0.377. The summed E-state index contributed by atoms with van der Waals surface area (Å²) in [6, 6.07) is 0.377. The summed E-state index contributed by atoms with van der Waals surface area (Å²) in [5.74, 6) is 0.616. The molecule has 0 aliphatic heterocycles. The van der Waals surface area contributed by atoms with Gasteiger partial charge in [0, 0.05) is 12.6 Å². The Hall–Kier alpha value is -0.0800. The van der Waals surface area contributed by atoms with Gasteiger partial charge in [-0.1, -0.05) is 20.3 Å². The summed E-state index contributed by atoms with van der Waals surface area (Å²) in [5, 5.41) is 0. The SMILES string of the molecule is CCCC(N)C(C)CN(C)C. The van der Waals surface area contributed by atoms with Gasteiger partial charge in [-0.2, -0.15) is 0 Å². The van der Waals surface area contributed by atoms with E-state index < -0.39 is 0 Å². The van der Waals surface area contributed by atoms with Crippen molar-refractivity contribution in [2.75, 3.05) is 20.6 Å². The summed E-state index contributed by atoms with van der Waals surface area (Å²) in [4.78, 5) is 2.19. The first-order valence-corrected chi connectivity index (χ1v) is 4.48. The van der Waals surface area contributed by atoms with E-state index in [1.54, 1.807) is 0 Å². The lowest BCUT2D eigenvalue weighted by Gasteiger charge is -2.22. The molecule has 0 rings (SSSR count). The highest BCUT2D eigenvalue weighted by atomic mass is 15.1. The molecule has 0 radical (unpaired) electrons. The molecule has 0 amide bonds. The second kappa shape index (κ2) is 5.56. The Morgan fingerprint density at radius 2 is 1.91 bits per heavy atom. The van der Waals surface area contributed by atoms with Crippen LogP contribution < -0.4 is 5.73 Å². The van der Waals surface area contributed by atoms with E-state index in [1.165, 1.54) is 6.42 Å². The van der Waals surface area contributed by atoms with Crippen LogP contribution in [0.4, 0.5) is 0 Å². The van der Waals surface area contributed by atoms with Crippen LogP contribution >= 0.6 is 0 Å². The molecule has 2 N–H and O–H groups in total. The van der Waals surface area contributed by atoms with Gasteiger partial charge in [0.25, 0.3) is 0 Å². The average molecular weight is 158 g/mol. The zero-order valence-electron chi connectivity index (χ0n) is 8.30. The maximum atomic E-state index is 5.95. The van der Waals surface area contributed by atoms with Gasteiger partial charge in [0.2, 0.25) is 0 Å². The van der Waals surface area contributed by atoms with Crippen LogP contribution in [0.25, 0.3) is 0 Å². The molecule has 0 saturated carbocycles. The lowest BCUT2D eigenvalue weighted by molar-refractivity contribution is 0.298. The fourth-order valence-corrected chi connectivity index (χ4v) is 1.33. The Balaban J connectivity index is 3.54. The van der Waals surface area contributed by atoms with E-state index in [4.69, 9.17) is 5.73 Å². The van der Waals surface area contributed by atoms with Gasteiger partial charge >= 0.3 is 0 Å². The van der Waals surface area contributed by atoms with E-state index in [0.717, 1.165) is 13.0 Å². The minimum atomic E-state index is 0.377. The molecular formula is C9H22N2. The average Bonchev–Trinajstić information content (AvgIpc) is 1.86. The summed E-state index contributed by atoms with van der Waals surface area (Å²) >= 11 is 0. The number of hydrogen-bond donors (Lipinski definition) is 1. The van der Waals surface area contributed by atoms with E-state index in [2.05, 4.69) is 32.8 Å². The molecule has 2 heteroatoms. The van der Waals surface area contributed by atoms with Crippen molar-refractivity contribution in [2.45, 2.75) is 32.7 Å². The van der Waals surface area contributed by atoms with Crippen molar-refractivity contribution in [3.05, 3.63) is 0 Å². The van der Waals surface area contributed by atoms with Crippen LogP contribution in [0, 0.1) is 5.92 Å². The van der Waals surface area contributed by atoms with Gasteiger partial charge < -0.3 is 10.6 Å². The zero-order valence-corrected chi connectivity index (χ0v) is 8.30. The van der Waals surface area contributed by atoms with Crippen LogP contribution in [0.3, 0.4) is 0 Å². The highest BCUT2D eigenvalue weighted by Gasteiger charge is 2.11. The van der Waals surface area contributed by atoms with Crippen molar-refractivity contribution in [3.63, 3.8) is 0 Å². The van der Waals surface area contributed by atoms with Crippen LogP contribution in [0.5, 0.6) is 0 Å². The summed E-state index contributed by atoms with van der Waals surface area (Å²) in [6.45, 7) is 5.50. The van der Waals surface area contributed by atoms with Gasteiger partial charge in [0.1, 0.15) is 0 Å². The Morgan fingerprint density at radius 3 is 2.27 bits per heavy atom. The Labute approximate surface area is 70.8 Å². The third kappa shape index (κ3) is 5.22. The van der Waals surface area contributed by atoms with Crippen molar-refractivity contribution in [2.24, 2.45) is 11.7 Å². The second-order valence-electron chi connectivity index (χ2n) is 3.69. The largest absolute Gasteiger partial charge is 0.327 e. The molecule has 2 unspecified atom stereocenters. The number of hydrogen-bond acceptors (Lipinski definition) is 2. The van der Waals surface area contributed by atoms with Crippen molar-refractivity contribution in [1.29, 1.82) is 0 Å². The first-order valence-electron chi connectivity index (χ1n) is 4.48. The molecule has 0 spiro atoms. The summed E-state index contributed by atoms with van der Waals surface area (Å²) in [5.41, 5.74) is 5.95. The Morgan fingerprint density at radius 1 is 1.36 bits per heavy atom. The molecular weight excluding hydrogens is 136 g/mol. The van der Waals surface area contributed by atoms with Crippen molar-refractivity contribution in [1.82, 2.24) is 4.90 Å². The lowest BCUT2D eigenvalue weighted by Crippen LogP contribution is -2.34. The molecule has 0 fully saturated rings. The third-order valence-electron chi connectivity index (χ3n) is 2.01. The first kappa shape index (κ1) is 10.9. The minimum Gasteiger partial charge on any atom is -0.327 e. The van der Waals surface area contributed by atoms with Crippen LogP contribution in [-0.2, 0) is 0 Å². The molecule has 0 heterocycles. The van der Waals surface area contributed by atoms with E-state index in [0.29, 0.717) is 12.0 Å². The molecule has 0 aliphatic carbocycles. The quantitative estimate of drug-likeness (QED) is 0.653. The van der Waals surface area contributed by atoms with E-state index in [9.17, 15) is 0 Å². The molecule has 0 bridgehead atoms. The fraction of sp³-hybridized carbons (Fsp3) is 1.00. The van der Waals surface area contributed by atoms with E-state index >= 15 is 0 Å². The van der Waals surface area contributed by atoms with Crippen molar-refractivity contribution < 1.29 is 0 Å². The standard InChI is InChI=1S/C9H22N2/c1-5-6-9(10)8(2)7-11(3)4/h8-9H,5-7,10H2,1-4H3. The van der Waals surface area contributed by atoms with Crippen LogP contribution in [-0.4, -0.2) is 31.6 Å². The fourth-order valence-electron chi connectivity index (χ4n) is 1.33. The van der Waals surface area contributed by atoms with Crippen LogP contribution in [0.2, 0.25) is 0 Å². The highest BCUT2D eigenvalue weighted by Crippen LogP contribution is 2.06. The van der Waals surface area contributed by atoms with Gasteiger partial charge in [-0.25, -0.2) is 0 Å². The van der Waals surface area contributed by atoms with E-state index in [1.807, 2.05) is 0 Å². The summed E-state index contributed by atoms with van der Waals surface area (Å²) < 4.78 is 0. The molecule has 0 aromatic carbocycles. The Kier molecular flexibility index (Phi) is 5.51. The van der Waals surface area contributed by atoms with Gasteiger partial charge in [-0.15, -0.1) is 0 Å². The summed E-state index contributed by atoms with van der Waals surface area (Å²) in [6.07, 6.45) is 2.34. The van der Waals surface area contributed by atoms with Gasteiger partial charge in [0.15, 0.2) is 0 Å². The number of rotatable bonds is 5. The predicted octanol–water partition coefficient (Wildman–Crippen LogP) is 1.31. The van der Waals surface area contributed by atoms with Crippen molar-refractivity contribution in [3.8, 4) is 0 Å². The van der Waals surface area contributed by atoms with Gasteiger partial charge in [-0.05, 0) is 26.4 Å². The highest BCUT2D eigenvalue weighted by molar-refractivity contribution is 4.70. The lowest BCUT2D eigenvalue weighted by atomic mass is 9.98. The van der Waals surface area contributed by atoms with Gasteiger partial charge in [-0.3, -0.25) is 0 Å². The molecule has 0 aromatic heterocycles. The zero-order chi connectivity index (χ0) is 8.85. The monoisotopic (exact) mass is 158 g/mol. The molecule has 11 heavy (non-hydrogen) atoms. The van der Waals surface area contributed by atoms with Crippen LogP contribution in [0.15, 0.2) is 0 Å². The van der Waals surface area contributed by atoms with Crippen molar-refractivity contribution >= 4 is 0 Å². The Bertz CT molecular complexity index is 91.6. The number of nitrogens with zero attached hydrogens (tertiary/aromatic N) is 1. The molecule has 2 nitrogen and oxygen atoms in total. The van der Waals surface area contributed by atoms with E-state index in [-0.39, 0.29) is 0 Å². The first-order chi connectivity index (χ1) is 5.07. The topological polar surface area (TPSA) is 29.3 Å². The molecule has 0 aromatic rings. The third-order valence-corrected chi connectivity index (χ3v) is 2.01. The molecule has 0 aliphatic rings. The predicted molar refractivity (Wildman–Crippen MR) is 50.6 cm³/mol. The molecule has 0 saturated heterocycles. The summed E-state index contributed by atoms with van der Waals surface area (Å²) in [7, 11) is 4.18. The second-order valence-corrected chi connectivity index (χ2v) is 3.69. The maximum Gasteiger partial charge on any atom is 0.00766 e.